The Balaban J connectivity index is 0.000000169. The van der Waals surface area contributed by atoms with Crippen LogP contribution in [0.4, 0.5) is 0 Å². The monoisotopic (exact) mass is 1330 g/mol. The molecule has 3 saturated heterocycles. The molecule has 12 rings (SSSR count). The third kappa shape index (κ3) is 14.5. The molecule has 20 heteroatoms. The Labute approximate surface area is 566 Å². The van der Waals surface area contributed by atoms with Crippen molar-refractivity contribution in [3.63, 3.8) is 0 Å². The van der Waals surface area contributed by atoms with E-state index in [0.717, 1.165) is 68.5 Å². The van der Waals surface area contributed by atoms with Gasteiger partial charge in [-0.15, -0.1) is 0 Å². The maximum absolute atomic E-state index is 13.9. The number of benzene rings is 6. The van der Waals surface area contributed by atoms with Gasteiger partial charge in [0.05, 0.1) is 5.69 Å². The van der Waals surface area contributed by atoms with Crippen molar-refractivity contribution in [3.05, 3.63) is 217 Å². The lowest BCUT2D eigenvalue weighted by atomic mass is 9.88. The third-order valence-corrected chi connectivity index (χ3v) is 19.2. The number of aryl methyl sites for hydroxylation is 2. The van der Waals surface area contributed by atoms with Crippen LogP contribution in [0.2, 0.25) is 10.0 Å². The molecule has 0 spiro atoms. The number of carbonyl (C=O) groups excluding carboxylic acids is 6. The highest BCUT2D eigenvalue weighted by Crippen LogP contribution is 2.50. The van der Waals surface area contributed by atoms with E-state index < -0.39 is 52.7 Å². The zero-order valence-corrected chi connectivity index (χ0v) is 55.3. The number of aliphatic hydroxyl groups is 3. The number of amides is 6. The summed E-state index contributed by atoms with van der Waals surface area (Å²) in [4.78, 5) is 88.4. The van der Waals surface area contributed by atoms with Crippen LogP contribution in [-0.4, -0.2) is 114 Å². The van der Waals surface area contributed by atoms with Crippen LogP contribution >= 0.6 is 23.2 Å². The highest BCUT2D eigenvalue weighted by Gasteiger charge is 2.54. The molecule has 1 aromatic heterocycles. The van der Waals surface area contributed by atoms with Crippen molar-refractivity contribution in [2.45, 2.75) is 155 Å². The van der Waals surface area contributed by atoms with E-state index in [-0.39, 0.29) is 37.6 Å². The number of carbonyl (C=O) groups is 6. The largest absolute Gasteiger partial charge is 0.383 e. The Hall–Kier alpha value is -8.33. The maximum Gasteiger partial charge on any atom is 0.264 e. The molecular weight excluding hydrogens is 1240 g/mol. The molecule has 2 aliphatic carbocycles. The van der Waals surface area contributed by atoms with Crippen LogP contribution in [0, 0.1) is 12.3 Å². The predicted octanol–water partition coefficient (Wildman–Crippen LogP) is 9.25. The SMILES string of the molecule is C.CCc1ccc(Cl)cc1CNC(=O)[C@@H]1CCCN1C(=O)[C@H](O)C(C)(C)C.Cc1ccc(CN)c(CNC(=O)C2CCCN2C(=O)C2(O)c3ccccc3-c3ncccc32)c1.NCc1ccc(Cl)cc1CNC(=O)[C@@H]1CCCN1C(=O)C1(O)c2ccccc2-c2ccccc21. The van der Waals surface area contributed by atoms with E-state index in [2.05, 4.69) is 27.9 Å². The third-order valence-electron chi connectivity index (χ3n) is 18.7. The smallest absolute Gasteiger partial charge is 0.264 e. The van der Waals surface area contributed by atoms with Crippen molar-refractivity contribution in [1.29, 1.82) is 0 Å². The quantitative estimate of drug-likeness (QED) is 0.0477. The van der Waals surface area contributed by atoms with Crippen molar-refractivity contribution >= 4 is 58.6 Å². The Morgan fingerprint density at radius 3 is 1.41 bits per heavy atom. The summed E-state index contributed by atoms with van der Waals surface area (Å²) in [7, 11) is 0. The second kappa shape index (κ2) is 30.2. The molecule has 6 amide bonds. The molecule has 0 bridgehead atoms. The molecule has 95 heavy (non-hydrogen) atoms. The number of aromatic nitrogens is 1. The van der Waals surface area contributed by atoms with Crippen molar-refractivity contribution in [3.8, 4) is 22.4 Å². The second-order valence-electron chi connectivity index (χ2n) is 25.7. The molecule has 6 aromatic carbocycles. The molecule has 3 fully saturated rings. The highest BCUT2D eigenvalue weighted by atomic mass is 35.5. The molecule has 18 nitrogen and oxygen atoms in total. The van der Waals surface area contributed by atoms with E-state index in [9.17, 15) is 44.1 Å². The fourth-order valence-electron chi connectivity index (χ4n) is 13.6. The first-order valence-corrected chi connectivity index (χ1v) is 33.0. The van der Waals surface area contributed by atoms with Crippen LogP contribution in [0.15, 0.2) is 146 Å². The van der Waals surface area contributed by atoms with Gasteiger partial charge in [0, 0.05) is 96.4 Å². The van der Waals surface area contributed by atoms with Gasteiger partial charge >= 0.3 is 0 Å². The molecular formula is C75H87Cl2N9O9. The predicted molar refractivity (Wildman–Crippen MR) is 369 cm³/mol. The first kappa shape index (κ1) is 71.0. The summed E-state index contributed by atoms with van der Waals surface area (Å²) in [5.41, 5.74) is 19.4. The Kier molecular flexibility index (Phi) is 22.5. The van der Waals surface area contributed by atoms with E-state index in [1.54, 1.807) is 54.7 Å². The van der Waals surface area contributed by atoms with Gasteiger partial charge in [0.1, 0.15) is 24.2 Å². The zero-order chi connectivity index (χ0) is 67.2. The average Bonchev–Trinajstić information content (AvgIpc) is 1.57. The topological polar surface area (TPSA) is 274 Å². The summed E-state index contributed by atoms with van der Waals surface area (Å²) < 4.78 is 0. The first-order valence-electron chi connectivity index (χ1n) is 32.2. The molecule has 5 atom stereocenters. The molecule has 0 radical (unpaired) electrons. The molecule has 500 valence electrons. The molecule has 7 aromatic rings. The summed E-state index contributed by atoms with van der Waals surface area (Å²) in [5, 5.41) is 44.1. The van der Waals surface area contributed by atoms with Crippen LogP contribution in [0.5, 0.6) is 0 Å². The number of hydrogen-bond acceptors (Lipinski definition) is 12. The van der Waals surface area contributed by atoms with Gasteiger partial charge in [0.15, 0.2) is 11.2 Å². The van der Waals surface area contributed by atoms with Crippen LogP contribution in [0.3, 0.4) is 0 Å². The lowest BCUT2D eigenvalue weighted by Gasteiger charge is -2.32. The Bertz CT molecular complexity index is 3720. The average molecular weight is 1330 g/mol. The molecule has 10 N–H and O–H groups in total. The minimum Gasteiger partial charge on any atom is -0.383 e. The Morgan fingerprint density at radius 2 is 0.937 bits per heavy atom. The molecule has 5 aliphatic rings. The molecule has 4 heterocycles. The lowest BCUT2D eigenvalue weighted by molar-refractivity contribution is -0.151. The fraction of sp³-hybridized carbons (Fsp3) is 0.373. The number of halogens is 2. The lowest BCUT2D eigenvalue weighted by Crippen LogP contribution is -2.52. The van der Waals surface area contributed by atoms with Gasteiger partial charge in [0.2, 0.25) is 17.7 Å². The number of nitrogens with zero attached hydrogens (tertiary/aromatic N) is 4. The summed E-state index contributed by atoms with van der Waals surface area (Å²) in [6.07, 6.45) is 5.24. The van der Waals surface area contributed by atoms with E-state index in [0.29, 0.717) is 116 Å². The standard InChI is InChI=1S/C27H26ClN3O3.C27H28N4O3.C20H29ClN2O3.CH4/c28-19-12-11-17(15-29)18(14-19)16-30-25(32)24-10-5-13-31(24)26(33)27(34)22-8-3-1-6-20(22)21-7-2-4-9-23(21)27;1-17-10-11-18(15-28)19(14-17)16-30-25(32)23-9-5-13-31(23)26(33)27(34)21-7-3-2-6-20(21)24-22(27)8-4-12-29-24;1-5-13-8-9-15(21)11-14(13)12-22-18(25)16-7-6-10-23(16)19(26)17(24)20(2,3)4;/h1-4,6-9,11-12,14,24,34H,5,10,13,15-16,29H2,(H,30,32);2-4,6-8,10-12,14,23,34H,5,9,13,15-16,28H2,1H3,(H,30,32);8-9,11,16-17,24H,5-7,10,12H2,1-4H3,(H,22,25);1H4/t24-;;16-,17-;/m0.0./s1. The highest BCUT2D eigenvalue weighted by molar-refractivity contribution is 6.31. The molecule has 2 unspecified atom stereocenters. The van der Waals surface area contributed by atoms with Crippen LogP contribution in [-0.2, 0) is 79.1 Å². The van der Waals surface area contributed by atoms with E-state index >= 15 is 0 Å². The van der Waals surface area contributed by atoms with Crippen LogP contribution in [0.1, 0.15) is 135 Å². The summed E-state index contributed by atoms with van der Waals surface area (Å²) in [5.74, 6) is -1.98. The number of pyridine rings is 1. The number of hydrogen-bond donors (Lipinski definition) is 8. The number of fused-ring (bicyclic) bond motifs is 6. The van der Waals surface area contributed by atoms with Gasteiger partial charge in [-0.2, -0.15) is 0 Å². The van der Waals surface area contributed by atoms with Crippen molar-refractivity contribution in [1.82, 2.24) is 35.6 Å². The van der Waals surface area contributed by atoms with Gasteiger partial charge in [-0.1, -0.05) is 173 Å². The zero-order valence-electron chi connectivity index (χ0n) is 53.8. The second-order valence-corrected chi connectivity index (χ2v) is 26.6. The van der Waals surface area contributed by atoms with Crippen LogP contribution in [0.25, 0.3) is 22.4 Å². The minimum atomic E-state index is -1.87. The minimum absolute atomic E-state index is 0. The van der Waals surface area contributed by atoms with Gasteiger partial charge in [0.25, 0.3) is 17.7 Å². The van der Waals surface area contributed by atoms with Crippen LogP contribution < -0.4 is 27.4 Å². The number of nitrogens with two attached hydrogens (primary N) is 2. The Morgan fingerprint density at radius 1 is 0.547 bits per heavy atom. The van der Waals surface area contributed by atoms with Crippen molar-refractivity contribution < 1.29 is 44.1 Å². The van der Waals surface area contributed by atoms with Crippen molar-refractivity contribution in [2.75, 3.05) is 19.6 Å². The number of nitrogens with one attached hydrogen (secondary N) is 3. The first-order chi connectivity index (χ1) is 45.0. The summed E-state index contributed by atoms with van der Waals surface area (Å²) >= 11 is 12.2. The number of aliphatic hydroxyl groups excluding tert-OH is 1. The fourth-order valence-corrected chi connectivity index (χ4v) is 14.0. The van der Waals surface area contributed by atoms with Crippen molar-refractivity contribution in [2.24, 2.45) is 16.9 Å². The summed E-state index contributed by atoms with van der Waals surface area (Å²) in [6, 6.07) is 40.8. The van der Waals surface area contributed by atoms with E-state index in [4.69, 9.17) is 34.7 Å². The molecule has 0 saturated carbocycles. The van der Waals surface area contributed by atoms with Gasteiger partial charge < -0.3 is 57.4 Å². The van der Waals surface area contributed by atoms with Gasteiger partial charge in [-0.25, -0.2) is 0 Å². The number of likely N-dealkylation sites (tertiary alicyclic amines) is 3. The van der Waals surface area contributed by atoms with E-state index in [1.165, 1.54) is 14.7 Å². The number of rotatable bonds is 15. The molecule has 3 aliphatic heterocycles. The van der Waals surface area contributed by atoms with Gasteiger partial charge in [-0.3, -0.25) is 33.8 Å². The maximum atomic E-state index is 13.9. The van der Waals surface area contributed by atoms with E-state index in [1.807, 2.05) is 119 Å². The summed E-state index contributed by atoms with van der Waals surface area (Å²) in [6.45, 7) is 12.5. The van der Waals surface area contributed by atoms with Gasteiger partial charge in [-0.05, 0) is 132 Å². The normalized spacial score (nSPS) is 18.9.